The third-order valence-electron chi connectivity index (χ3n) is 4.15. The minimum atomic E-state index is -0.968. The Morgan fingerprint density at radius 1 is 1.22 bits per heavy atom. The van der Waals surface area contributed by atoms with Crippen LogP contribution in [0.2, 0.25) is 0 Å². The van der Waals surface area contributed by atoms with Crippen LogP contribution in [-0.2, 0) is 0 Å². The van der Waals surface area contributed by atoms with Crippen LogP contribution < -0.4 is 10.1 Å². The van der Waals surface area contributed by atoms with Crippen LogP contribution in [0.4, 0.5) is 0 Å². The molecule has 4 rings (SSSR count). The molecule has 0 radical (unpaired) electrons. The molecule has 0 spiro atoms. The number of fused-ring (bicyclic) bond motifs is 2. The first-order valence-electron chi connectivity index (χ1n) is 8.29. The van der Waals surface area contributed by atoms with Gasteiger partial charge in [0.15, 0.2) is 5.76 Å². The Balaban J connectivity index is 1.76. The minimum Gasteiger partial charge on any atom is -0.491 e. The van der Waals surface area contributed by atoms with Crippen LogP contribution in [-0.4, -0.2) is 44.1 Å². The lowest BCUT2D eigenvalue weighted by atomic mass is 10.2. The second kappa shape index (κ2) is 7.10. The summed E-state index contributed by atoms with van der Waals surface area (Å²) in [7, 11) is 0. The first-order valence-corrected chi connectivity index (χ1v) is 8.29. The van der Waals surface area contributed by atoms with E-state index in [9.17, 15) is 10.3 Å². The summed E-state index contributed by atoms with van der Waals surface area (Å²) in [5.74, 6) is 0.916. The molecule has 0 saturated carbocycles. The van der Waals surface area contributed by atoms with E-state index < -0.39 is 6.10 Å². The molecule has 1 atom stereocenters. The Bertz CT molecular complexity index is 1160. The molecule has 0 amide bonds. The van der Waals surface area contributed by atoms with Gasteiger partial charge in [-0.15, -0.1) is 0 Å². The summed E-state index contributed by atoms with van der Waals surface area (Å²) in [5, 5.41) is 31.9. The third-order valence-corrected chi connectivity index (χ3v) is 4.15. The monoisotopic (exact) mass is 367 g/mol. The first kappa shape index (κ1) is 17.1. The zero-order valence-electron chi connectivity index (χ0n) is 14.2. The van der Waals surface area contributed by atoms with Gasteiger partial charge < -0.3 is 29.0 Å². The maximum absolute atomic E-state index is 9.44. The quantitative estimate of drug-likeness (QED) is 0.366. The number of benzene rings is 1. The summed E-state index contributed by atoms with van der Waals surface area (Å²) >= 11 is 0. The predicted molar refractivity (Wildman–Crippen MR) is 96.3 cm³/mol. The fourth-order valence-corrected chi connectivity index (χ4v) is 2.76. The average Bonchev–Trinajstić information content (AvgIpc) is 3.18. The first-order chi connectivity index (χ1) is 13.2. The maximum Gasteiger partial charge on any atom is 0.155 e. The number of aromatic nitrogens is 2. The average molecular weight is 367 g/mol. The van der Waals surface area contributed by atoms with Gasteiger partial charge in [-0.1, -0.05) is 5.16 Å². The van der Waals surface area contributed by atoms with Crippen LogP contribution in [0.15, 0.2) is 64.6 Å². The SMILES string of the molecule is OCC(O)COc1ccc2oc(-c3cc4cccn4cn3)cc(=NO)c2c1. The van der Waals surface area contributed by atoms with Gasteiger partial charge in [0.1, 0.15) is 35.1 Å². The molecule has 8 heteroatoms. The highest BCUT2D eigenvalue weighted by Crippen LogP contribution is 2.24. The Labute approximate surface area is 153 Å². The standard InChI is InChI=1S/C19H17N3O5/c23-9-13(24)10-26-14-3-4-18-15(7-14)16(21-25)8-19(27-18)17-6-12-2-1-5-22(12)11-20-17/h1-8,11,13,23-25H,9-10H2. The summed E-state index contributed by atoms with van der Waals surface area (Å²) in [5.41, 5.74) is 2.07. The van der Waals surface area contributed by atoms with Crippen molar-refractivity contribution in [3.8, 4) is 17.2 Å². The van der Waals surface area contributed by atoms with E-state index in [2.05, 4.69) is 10.1 Å². The minimum absolute atomic E-state index is 0.0515. The molecule has 3 aromatic heterocycles. The maximum atomic E-state index is 9.44. The summed E-state index contributed by atoms with van der Waals surface area (Å²) in [6, 6.07) is 12.3. The lowest BCUT2D eigenvalue weighted by Crippen LogP contribution is -2.21. The van der Waals surface area contributed by atoms with Gasteiger partial charge in [-0.25, -0.2) is 4.98 Å². The number of hydrogen-bond donors (Lipinski definition) is 3. The molecule has 3 heterocycles. The number of hydrogen-bond acceptors (Lipinski definition) is 7. The molecule has 0 bridgehead atoms. The highest BCUT2D eigenvalue weighted by atomic mass is 16.5. The normalized spacial score (nSPS) is 13.3. The Morgan fingerprint density at radius 3 is 2.93 bits per heavy atom. The second-order valence-corrected chi connectivity index (χ2v) is 6.02. The van der Waals surface area contributed by atoms with Crippen molar-refractivity contribution in [2.24, 2.45) is 5.16 Å². The molecule has 8 nitrogen and oxygen atoms in total. The van der Waals surface area contributed by atoms with Crippen LogP contribution in [0.3, 0.4) is 0 Å². The number of aliphatic hydroxyl groups excluding tert-OH is 2. The van der Waals surface area contributed by atoms with E-state index in [1.165, 1.54) is 0 Å². The van der Waals surface area contributed by atoms with Crippen molar-refractivity contribution in [3.05, 3.63) is 60.3 Å². The van der Waals surface area contributed by atoms with Gasteiger partial charge >= 0.3 is 0 Å². The Kier molecular flexibility index (Phi) is 4.49. The Hall–Kier alpha value is -3.36. The van der Waals surface area contributed by atoms with Gasteiger partial charge in [-0.3, -0.25) is 0 Å². The zero-order chi connectivity index (χ0) is 18.8. The smallest absolute Gasteiger partial charge is 0.155 e. The van der Waals surface area contributed by atoms with Gasteiger partial charge in [0.05, 0.1) is 18.3 Å². The predicted octanol–water partition coefficient (Wildman–Crippen LogP) is 1.77. The highest BCUT2D eigenvalue weighted by molar-refractivity contribution is 5.80. The number of nitrogens with zero attached hydrogens (tertiary/aromatic N) is 3. The van der Waals surface area contributed by atoms with Crippen LogP contribution >= 0.6 is 0 Å². The molecule has 0 aliphatic carbocycles. The summed E-state index contributed by atoms with van der Waals surface area (Å²) in [4.78, 5) is 4.38. The summed E-state index contributed by atoms with van der Waals surface area (Å²) in [6.07, 6.45) is 2.61. The fraction of sp³-hybridized carbons (Fsp3) is 0.158. The molecule has 0 fully saturated rings. The third kappa shape index (κ3) is 3.35. The van der Waals surface area contributed by atoms with E-state index in [1.807, 2.05) is 28.8 Å². The van der Waals surface area contributed by atoms with Crippen LogP contribution in [0.1, 0.15) is 0 Å². The van der Waals surface area contributed by atoms with E-state index in [-0.39, 0.29) is 13.2 Å². The molecule has 1 aromatic carbocycles. The van der Waals surface area contributed by atoms with Crippen LogP contribution in [0.25, 0.3) is 27.9 Å². The van der Waals surface area contributed by atoms with Crippen molar-refractivity contribution in [2.45, 2.75) is 6.10 Å². The topological polar surface area (TPSA) is 113 Å². The molecule has 4 aromatic rings. The van der Waals surface area contributed by atoms with E-state index in [0.29, 0.717) is 33.5 Å². The molecule has 27 heavy (non-hydrogen) atoms. The van der Waals surface area contributed by atoms with E-state index in [4.69, 9.17) is 14.3 Å². The molecule has 0 saturated heterocycles. The van der Waals surface area contributed by atoms with Crippen molar-refractivity contribution < 1.29 is 24.6 Å². The lowest BCUT2D eigenvalue weighted by Gasteiger charge is -2.10. The van der Waals surface area contributed by atoms with Gasteiger partial charge in [0.2, 0.25) is 0 Å². The lowest BCUT2D eigenvalue weighted by molar-refractivity contribution is 0.0536. The number of aliphatic hydroxyl groups is 2. The number of ether oxygens (including phenoxy) is 1. The molecule has 3 N–H and O–H groups in total. The van der Waals surface area contributed by atoms with Gasteiger partial charge in [-0.05, 0) is 36.4 Å². The summed E-state index contributed by atoms with van der Waals surface area (Å²) in [6.45, 7) is -0.438. The van der Waals surface area contributed by atoms with E-state index in [1.54, 1.807) is 30.6 Å². The fourth-order valence-electron chi connectivity index (χ4n) is 2.76. The van der Waals surface area contributed by atoms with Crippen molar-refractivity contribution in [2.75, 3.05) is 13.2 Å². The van der Waals surface area contributed by atoms with Crippen LogP contribution in [0.5, 0.6) is 5.75 Å². The molecular weight excluding hydrogens is 350 g/mol. The van der Waals surface area contributed by atoms with Crippen molar-refractivity contribution in [3.63, 3.8) is 0 Å². The van der Waals surface area contributed by atoms with Crippen LogP contribution in [0, 0.1) is 0 Å². The number of rotatable bonds is 5. The summed E-state index contributed by atoms with van der Waals surface area (Å²) < 4.78 is 13.2. The Morgan fingerprint density at radius 2 is 2.11 bits per heavy atom. The molecule has 0 aliphatic heterocycles. The van der Waals surface area contributed by atoms with Gasteiger partial charge in [-0.2, -0.15) is 0 Å². The molecule has 1 unspecified atom stereocenters. The van der Waals surface area contributed by atoms with Crippen molar-refractivity contribution >= 4 is 16.5 Å². The van der Waals surface area contributed by atoms with Gasteiger partial charge in [0.25, 0.3) is 0 Å². The highest BCUT2D eigenvalue weighted by Gasteiger charge is 2.10. The molecule has 0 aliphatic rings. The van der Waals surface area contributed by atoms with Crippen molar-refractivity contribution in [1.29, 1.82) is 0 Å². The van der Waals surface area contributed by atoms with Gasteiger partial charge in [0, 0.05) is 17.8 Å². The van der Waals surface area contributed by atoms with E-state index in [0.717, 1.165) is 5.52 Å². The largest absolute Gasteiger partial charge is 0.491 e. The van der Waals surface area contributed by atoms with E-state index >= 15 is 0 Å². The second-order valence-electron chi connectivity index (χ2n) is 6.02. The zero-order valence-corrected chi connectivity index (χ0v) is 14.2. The van der Waals surface area contributed by atoms with Crippen molar-refractivity contribution in [1.82, 2.24) is 9.38 Å². The molecule has 138 valence electrons. The molecular formula is C19H17N3O5.